The lowest BCUT2D eigenvalue weighted by Gasteiger charge is -2.13. The number of hydrogen-bond acceptors (Lipinski definition) is 3. The molecule has 2 N–H and O–H groups in total. The van der Waals surface area contributed by atoms with Crippen LogP contribution in [0.15, 0.2) is 11.1 Å². The second-order valence-corrected chi connectivity index (χ2v) is 3.29. The Morgan fingerprint density at radius 3 is 2.14 bits per heavy atom. The zero-order chi connectivity index (χ0) is 11.1. The van der Waals surface area contributed by atoms with Crippen molar-refractivity contribution in [2.75, 3.05) is 0 Å². The van der Waals surface area contributed by atoms with E-state index in [0.29, 0.717) is 12.0 Å². The van der Waals surface area contributed by atoms with E-state index >= 15 is 0 Å². The number of carbonyl (C=O) groups excluding carboxylic acids is 1. The minimum absolute atomic E-state index is 0.280. The summed E-state index contributed by atoms with van der Waals surface area (Å²) in [6.45, 7) is 7.76. The number of esters is 1. The van der Waals surface area contributed by atoms with Gasteiger partial charge in [0.2, 0.25) is 0 Å². The van der Waals surface area contributed by atoms with Gasteiger partial charge in [-0.1, -0.05) is 26.3 Å². The zero-order valence-electron chi connectivity index (χ0n) is 9.59. The van der Waals surface area contributed by atoms with E-state index in [1.807, 2.05) is 20.8 Å². The predicted octanol–water partition coefficient (Wildman–Crippen LogP) is 2.36. The second-order valence-electron chi connectivity index (χ2n) is 3.29. The van der Waals surface area contributed by atoms with E-state index in [1.165, 1.54) is 0 Å². The number of ether oxygens (including phenoxy) is 1. The van der Waals surface area contributed by atoms with Crippen molar-refractivity contribution in [2.24, 2.45) is 5.73 Å². The van der Waals surface area contributed by atoms with Gasteiger partial charge in [0.05, 0.1) is 0 Å². The first kappa shape index (κ1) is 13.2. The van der Waals surface area contributed by atoms with Gasteiger partial charge in [-0.15, -0.1) is 0 Å². The van der Waals surface area contributed by atoms with Crippen molar-refractivity contribution in [1.29, 1.82) is 0 Å². The SMILES string of the molecule is CCC(CC)=C(C)C(=O)OC(N)CC. The molecule has 0 aromatic rings. The summed E-state index contributed by atoms with van der Waals surface area (Å²) in [7, 11) is 0. The van der Waals surface area contributed by atoms with Crippen molar-refractivity contribution < 1.29 is 9.53 Å². The lowest BCUT2D eigenvalue weighted by Crippen LogP contribution is -2.26. The van der Waals surface area contributed by atoms with E-state index in [2.05, 4.69) is 0 Å². The average molecular weight is 199 g/mol. The number of carbonyl (C=O) groups is 1. The van der Waals surface area contributed by atoms with E-state index in [4.69, 9.17) is 10.5 Å². The molecule has 3 nitrogen and oxygen atoms in total. The van der Waals surface area contributed by atoms with Gasteiger partial charge in [0.1, 0.15) is 0 Å². The Kier molecular flexibility index (Phi) is 6.21. The molecule has 0 bridgehead atoms. The standard InChI is InChI=1S/C11H21NO2/c1-5-9(6-2)8(4)11(13)14-10(12)7-3/h10H,5-7,12H2,1-4H3. The van der Waals surface area contributed by atoms with Gasteiger partial charge in [-0.05, 0) is 26.2 Å². The van der Waals surface area contributed by atoms with Crippen LogP contribution in [0.25, 0.3) is 0 Å². The molecule has 82 valence electrons. The Balaban J connectivity index is 4.44. The van der Waals surface area contributed by atoms with Crippen LogP contribution in [0.4, 0.5) is 0 Å². The lowest BCUT2D eigenvalue weighted by molar-refractivity contribution is -0.144. The highest BCUT2D eigenvalue weighted by molar-refractivity contribution is 5.88. The van der Waals surface area contributed by atoms with Gasteiger partial charge in [-0.25, -0.2) is 4.79 Å². The molecule has 0 fully saturated rings. The first-order valence-corrected chi connectivity index (χ1v) is 5.21. The smallest absolute Gasteiger partial charge is 0.335 e. The molecule has 0 aromatic heterocycles. The third-order valence-electron chi connectivity index (χ3n) is 2.35. The summed E-state index contributed by atoms with van der Waals surface area (Å²) in [6, 6.07) is 0. The molecular formula is C11H21NO2. The summed E-state index contributed by atoms with van der Waals surface area (Å²) in [6.07, 6.45) is 1.94. The fourth-order valence-corrected chi connectivity index (χ4v) is 1.23. The summed E-state index contributed by atoms with van der Waals surface area (Å²) in [5.41, 5.74) is 7.37. The van der Waals surface area contributed by atoms with E-state index in [0.717, 1.165) is 18.4 Å². The summed E-state index contributed by atoms with van der Waals surface area (Å²) in [5.74, 6) is -0.280. The molecule has 0 aliphatic carbocycles. The van der Waals surface area contributed by atoms with Crippen molar-refractivity contribution in [3.63, 3.8) is 0 Å². The second kappa shape index (κ2) is 6.60. The summed E-state index contributed by atoms with van der Waals surface area (Å²) >= 11 is 0. The minimum Gasteiger partial charge on any atom is -0.443 e. The Bertz CT molecular complexity index is 215. The van der Waals surface area contributed by atoms with E-state index in [-0.39, 0.29) is 5.97 Å². The number of nitrogens with two attached hydrogens (primary N) is 1. The fraction of sp³-hybridized carbons (Fsp3) is 0.727. The molecule has 0 aromatic carbocycles. The van der Waals surface area contributed by atoms with Crippen molar-refractivity contribution in [2.45, 2.75) is 53.2 Å². The molecule has 1 atom stereocenters. The van der Waals surface area contributed by atoms with Gasteiger partial charge < -0.3 is 4.74 Å². The average Bonchev–Trinajstić information content (AvgIpc) is 2.19. The Morgan fingerprint density at radius 2 is 1.79 bits per heavy atom. The number of allylic oxidation sites excluding steroid dienone is 1. The van der Waals surface area contributed by atoms with Gasteiger partial charge in [0.15, 0.2) is 6.23 Å². The maximum atomic E-state index is 11.5. The molecule has 0 heterocycles. The summed E-state index contributed by atoms with van der Waals surface area (Å²) in [4.78, 5) is 11.5. The molecule has 0 aliphatic rings. The highest BCUT2D eigenvalue weighted by atomic mass is 16.6. The predicted molar refractivity (Wildman–Crippen MR) is 57.6 cm³/mol. The van der Waals surface area contributed by atoms with Crippen LogP contribution in [0.3, 0.4) is 0 Å². The Labute approximate surface area is 86.3 Å². The lowest BCUT2D eigenvalue weighted by atomic mass is 10.1. The van der Waals surface area contributed by atoms with Crippen LogP contribution in [-0.2, 0) is 9.53 Å². The molecule has 1 unspecified atom stereocenters. The Hall–Kier alpha value is -0.830. The quantitative estimate of drug-likeness (QED) is 0.420. The highest BCUT2D eigenvalue weighted by Gasteiger charge is 2.12. The van der Waals surface area contributed by atoms with Crippen LogP contribution in [0.1, 0.15) is 47.0 Å². The topological polar surface area (TPSA) is 52.3 Å². The minimum atomic E-state index is -0.479. The number of rotatable bonds is 5. The van der Waals surface area contributed by atoms with Gasteiger partial charge in [0.25, 0.3) is 0 Å². The normalized spacial score (nSPS) is 12.1. The molecule has 0 saturated heterocycles. The van der Waals surface area contributed by atoms with Crippen molar-refractivity contribution in [3.8, 4) is 0 Å². The van der Waals surface area contributed by atoms with Crippen LogP contribution in [0.5, 0.6) is 0 Å². The molecule has 0 amide bonds. The Morgan fingerprint density at radius 1 is 1.29 bits per heavy atom. The molecular weight excluding hydrogens is 178 g/mol. The van der Waals surface area contributed by atoms with Gasteiger partial charge >= 0.3 is 5.97 Å². The molecule has 0 rings (SSSR count). The molecule has 3 heteroatoms. The number of hydrogen-bond donors (Lipinski definition) is 1. The zero-order valence-corrected chi connectivity index (χ0v) is 9.59. The van der Waals surface area contributed by atoms with E-state index in [1.54, 1.807) is 6.92 Å². The van der Waals surface area contributed by atoms with Gasteiger partial charge in [-0.2, -0.15) is 0 Å². The first-order chi connectivity index (χ1) is 6.56. The first-order valence-electron chi connectivity index (χ1n) is 5.21. The van der Waals surface area contributed by atoms with Crippen molar-refractivity contribution in [1.82, 2.24) is 0 Å². The summed E-state index contributed by atoms with van der Waals surface area (Å²) in [5, 5.41) is 0. The monoisotopic (exact) mass is 199 g/mol. The highest BCUT2D eigenvalue weighted by Crippen LogP contribution is 2.14. The van der Waals surface area contributed by atoms with Crippen LogP contribution in [-0.4, -0.2) is 12.2 Å². The molecule has 0 radical (unpaired) electrons. The largest absolute Gasteiger partial charge is 0.443 e. The van der Waals surface area contributed by atoms with Crippen LogP contribution in [0.2, 0.25) is 0 Å². The van der Waals surface area contributed by atoms with Crippen molar-refractivity contribution >= 4 is 5.97 Å². The molecule has 0 aliphatic heterocycles. The molecule has 0 spiro atoms. The van der Waals surface area contributed by atoms with Gasteiger partial charge in [0, 0.05) is 5.57 Å². The van der Waals surface area contributed by atoms with Crippen LogP contribution < -0.4 is 5.73 Å². The fourth-order valence-electron chi connectivity index (χ4n) is 1.23. The molecule has 0 saturated carbocycles. The third-order valence-corrected chi connectivity index (χ3v) is 2.35. The third kappa shape index (κ3) is 3.92. The van der Waals surface area contributed by atoms with Crippen LogP contribution >= 0.6 is 0 Å². The van der Waals surface area contributed by atoms with Crippen LogP contribution in [0, 0.1) is 0 Å². The van der Waals surface area contributed by atoms with Crippen molar-refractivity contribution in [3.05, 3.63) is 11.1 Å². The molecule has 14 heavy (non-hydrogen) atoms. The van der Waals surface area contributed by atoms with Gasteiger partial charge in [-0.3, -0.25) is 5.73 Å². The van der Waals surface area contributed by atoms with E-state index in [9.17, 15) is 4.79 Å². The van der Waals surface area contributed by atoms with E-state index < -0.39 is 6.23 Å². The maximum Gasteiger partial charge on any atom is 0.335 e. The summed E-state index contributed by atoms with van der Waals surface area (Å²) < 4.78 is 5.03. The maximum absolute atomic E-state index is 11.5.